The number of benzene rings is 1. The second kappa shape index (κ2) is 8.55. The number of aromatic nitrogens is 2. The molecule has 3 heterocycles. The highest BCUT2D eigenvalue weighted by molar-refractivity contribution is 5.66. The average Bonchev–Trinajstić information content (AvgIpc) is 3.21. The molecule has 1 aliphatic heterocycles. The van der Waals surface area contributed by atoms with Crippen molar-refractivity contribution >= 4 is 11.5 Å². The molecular formula is C23H23F3N4O. The Hall–Kier alpha value is -3.13. The van der Waals surface area contributed by atoms with Crippen LogP contribution in [-0.4, -0.2) is 34.2 Å². The van der Waals surface area contributed by atoms with Crippen LogP contribution < -0.4 is 10.2 Å². The normalized spacial score (nSPS) is 16.5. The number of hydrogen-bond donors (Lipinski definition) is 2. The minimum atomic E-state index is -4.40. The van der Waals surface area contributed by atoms with E-state index in [-0.39, 0.29) is 12.6 Å². The van der Waals surface area contributed by atoms with Crippen molar-refractivity contribution in [3.63, 3.8) is 0 Å². The molecule has 2 aromatic heterocycles. The van der Waals surface area contributed by atoms with Crippen LogP contribution in [0.4, 0.5) is 24.7 Å². The Morgan fingerprint density at radius 2 is 1.94 bits per heavy atom. The fourth-order valence-electron chi connectivity index (χ4n) is 3.86. The smallest absolute Gasteiger partial charge is 0.390 e. The second-order valence-electron chi connectivity index (χ2n) is 7.64. The zero-order valence-electron chi connectivity index (χ0n) is 17.0. The first-order chi connectivity index (χ1) is 14.8. The van der Waals surface area contributed by atoms with Gasteiger partial charge in [0.1, 0.15) is 5.82 Å². The number of alkyl halides is 3. The van der Waals surface area contributed by atoms with Crippen molar-refractivity contribution in [3.8, 4) is 11.3 Å². The number of nitrogens with zero attached hydrogens (tertiary/aromatic N) is 3. The van der Waals surface area contributed by atoms with Crippen LogP contribution in [-0.2, 0) is 12.8 Å². The van der Waals surface area contributed by atoms with Crippen LogP contribution in [0.3, 0.4) is 0 Å². The van der Waals surface area contributed by atoms with Gasteiger partial charge in [-0.3, -0.25) is 0 Å². The van der Waals surface area contributed by atoms with Gasteiger partial charge in [0.25, 0.3) is 0 Å². The minimum absolute atomic E-state index is 0.0341. The minimum Gasteiger partial charge on any atom is -0.390 e. The van der Waals surface area contributed by atoms with E-state index < -0.39 is 11.7 Å². The number of aliphatic hydroxyl groups excluding tert-OH is 1. The van der Waals surface area contributed by atoms with Gasteiger partial charge in [-0.25, -0.2) is 9.97 Å². The van der Waals surface area contributed by atoms with Crippen molar-refractivity contribution in [1.29, 1.82) is 0 Å². The molecular weight excluding hydrogens is 405 g/mol. The van der Waals surface area contributed by atoms with Crippen molar-refractivity contribution in [3.05, 3.63) is 71.5 Å². The van der Waals surface area contributed by atoms with E-state index >= 15 is 0 Å². The molecule has 31 heavy (non-hydrogen) atoms. The van der Waals surface area contributed by atoms with E-state index in [1.54, 1.807) is 0 Å². The molecule has 1 fully saturated rings. The number of aliphatic hydroxyl groups is 1. The van der Waals surface area contributed by atoms with E-state index in [4.69, 9.17) is 0 Å². The highest BCUT2D eigenvalue weighted by Crippen LogP contribution is 2.31. The van der Waals surface area contributed by atoms with Crippen LogP contribution in [0.25, 0.3) is 11.3 Å². The molecule has 1 aliphatic rings. The lowest BCUT2D eigenvalue weighted by atomic mass is 10.0. The molecule has 0 saturated carbocycles. The van der Waals surface area contributed by atoms with Crippen LogP contribution in [0.5, 0.6) is 0 Å². The SMILES string of the molecule is Cc1ccccc1-c1ccc(N2CCC(Nc3ccc(C(F)(F)F)cn3)C2)c(CO)n1. The van der Waals surface area contributed by atoms with Crippen molar-refractivity contribution < 1.29 is 18.3 Å². The van der Waals surface area contributed by atoms with E-state index in [9.17, 15) is 18.3 Å². The molecule has 0 amide bonds. The van der Waals surface area contributed by atoms with E-state index in [1.165, 1.54) is 6.07 Å². The third kappa shape index (κ3) is 4.64. The van der Waals surface area contributed by atoms with E-state index in [0.717, 1.165) is 47.7 Å². The quantitative estimate of drug-likeness (QED) is 0.619. The molecule has 1 atom stereocenters. The van der Waals surface area contributed by atoms with Crippen LogP contribution in [0.2, 0.25) is 0 Å². The van der Waals surface area contributed by atoms with E-state index in [1.807, 2.05) is 43.3 Å². The number of halogens is 3. The maximum atomic E-state index is 12.7. The number of hydrogen-bond acceptors (Lipinski definition) is 5. The summed E-state index contributed by atoms with van der Waals surface area (Å²) in [7, 11) is 0. The molecule has 4 rings (SSSR count). The zero-order valence-corrected chi connectivity index (χ0v) is 17.0. The number of aryl methyl sites for hydroxylation is 1. The van der Waals surface area contributed by atoms with Crippen LogP contribution >= 0.6 is 0 Å². The Morgan fingerprint density at radius 1 is 1.13 bits per heavy atom. The fraction of sp³-hybridized carbons (Fsp3) is 0.304. The van der Waals surface area contributed by atoms with Crippen LogP contribution in [0.1, 0.15) is 23.2 Å². The summed E-state index contributed by atoms with van der Waals surface area (Å²) in [6, 6.07) is 14.3. The molecule has 1 saturated heterocycles. The Kier molecular flexibility index (Phi) is 5.82. The summed E-state index contributed by atoms with van der Waals surface area (Å²) in [6.07, 6.45) is -2.76. The van der Waals surface area contributed by atoms with Crippen LogP contribution in [0, 0.1) is 6.92 Å². The predicted octanol–water partition coefficient (Wildman–Crippen LogP) is 4.65. The molecule has 0 spiro atoms. The summed E-state index contributed by atoms with van der Waals surface area (Å²) < 4.78 is 38.1. The van der Waals surface area contributed by atoms with Gasteiger partial charge in [0.15, 0.2) is 0 Å². The molecule has 5 nitrogen and oxygen atoms in total. The molecule has 162 valence electrons. The van der Waals surface area contributed by atoms with E-state index in [0.29, 0.717) is 18.1 Å². The zero-order chi connectivity index (χ0) is 22.0. The number of rotatable bonds is 5. The molecule has 2 N–H and O–H groups in total. The summed E-state index contributed by atoms with van der Waals surface area (Å²) in [5.41, 5.74) is 3.66. The third-order valence-electron chi connectivity index (χ3n) is 5.49. The predicted molar refractivity (Wildman–Crippen MR) is 114 cm³/mol. The van der Waals surface area contributed by atoms with E-state index in [2.05, 4.69) is 20.2 Å². The standard InChI is InChI=1S/C23H23F3N4O/c1-15-4-2-3-5-18(15)19-7-8-21(20(14-31)29-19)30-11-10-17(13-30)28-22-9-6-16(12-27-22)23(24,25)26/h2-9,12,17,31H,10-11,13-14H2,1H3,(H,27,28). The maximum absolute atomic E-state index is 12.7. The van der Waals surface area contributed by atoms with Crippen molar-refractivity contribution in [2.75, 3.05) is 23.3 Å². The fourth-order valence-corrected chi connectivity index (χ4v) is 3.86. The molecule has 0 aliphatic carbocycles. The molecule has 0 bridgehead atoms. The molecule has 3 aromatic rings. The highest BCUT2D eigenvalue weighted by atomic mass is 19.4. The van der Waals surface area contributed by atoms with Crippen molar-refractivity contribution in [2.24, 2.45) is 0 Å². The third-order valence-corrected chi connectivity index (χ3v) is 5.49. The van der Waals surface area contributed by atoms with Gasteiger partial charge in [-0.2, -0.15) is 13.2 Å². The van der Waals surface area contributed by atoms with Crippen molar-refractivity contribution in [1.82, 2.24) is 9.97 Å². The van der Waals surface area contributed by atoms with Gasteiger partial charge in [-0.15, -0.1) is 0 Å². The lowest BCUT2D eigenvalue weighted by molar-refractivity contribution is -0.137. The number of anilines is 2. The van der Waals surface area contributed by atoms with Crippen LogP contribution in [0.15, 0.2) is 54.7 Å². The Balaban J connectivity index is 1.47. The first-order valence-corrected chi connectivity index (χ1v) is 10.1. The first-order valence-electron chi connectivity index (χ1n) is 10.1. The average molecular weight is 428 g/mol. The van der Waals surface area contributed by atoms with Gasteiger partial charge in [-0.05, 0) is 43.2 Å². The van der Waals surface area contributed by atoms with Gasteiger partial charge in [0.2, 0.25) is 0 Å². The largest absolute Gasteiger partial charge is 0.417 e. The van der Waals surface area contributed by atoms with Gasteiger partial charge in [0.05, 0.1) is 29.2 Å². The summed E-state index contributed by atoms with van der Waals surface area (Å²) in [6.45, 7) is 3.23. The maximum Gasteiger partial charge on any atom is 0.417 e. The number of nitrogens with one attached hydrogen (secondary N) is 1. The Labute approximate surface area is 178 Å². The van der Waals surface area contributed by atoms with Gasteiger partial charge < -0.3 is 15.3 Å². The van der Waals surface area contributed by atoms with Gasteiger partial charge in [0, 0.05) is 30.9 Å². The van der Waals surface area contributed by atoms with Crippen molar-refractivity contribution in [2.45, 2.75) is 32.2 Å². The van der Waals surface area contributed by atoms with Gasteiger partial charge in [-0.1, -0.05) is 24.3 Å². The molecule has 1 aromatic carbocycles. The Morgan fingerprint density at radius 3 is 2.61 bits per heavy atom. The Bertz CT molecular complexity index is 1050. The highest BCUT2D eigenvalue weighted by Gasteiger charge is 2.31. The molecule has 0 radical (unpaired) electrons. The number of pyridine rings is 2. The summed E-state index contributed by atoms with van der Waals surface area (Å²) in [4.78, 5) is 10.7. The summed E-state index contributed by atoms with van der Waals surface area (Å²) in [5.74, 6) is 0.412. The summed E-state index contributed by atoms with van der Waals surface area (Å²) >= 11 is 0. The lowest BCUT2D eigenvalue weighted by Crippen LogP contribution is -2.27. The van der Waals surface area contributed by atoms with Gasteiger partial charge >= 0.3 is 6.18 Å². The molecule has 1 unspecified atom stereocenters. The topological polar surface area (TPSA) is 61.3 Å². The monoisotopic (exact) mass is 428 g/mol. The second-order valence-corrected chi connectivity index (χ2v) is 7.64. The molecule has 8 heteroatoms. The first kappa shape index (κ1) is 21.1. The summed E-state index contributed by atoms with van der Waals surface area (Å²) in [5, 5.41) is 13.1. The lowest BCUT2D eigenvalue weighted by Gasteiger charge is -2.22.